The van der Waals surface area contributed by atoms with Crippen molar-refractivity contribution in [2.45, 2.75) is 18.2 Å². The summed E-state index contributed by atoms with van der Waals surface area (Å²) in [6.07, 6.45) is 0.957. The van der Waals surface area contributed by atoms with E-state index in [0.29, 0.717) is 5.82 Å². The molecule has 22 heavy (non-hydrogen) atoms. The van der Waals surface area contributed by atoms with Crippen LogP contribution in [-0.4, -0.2) is 9.97 Å². The molecule has 0 bridgehead atoms. The summed E-state index contributed by atoms with van der Waals surface area (Å²) in [6, 6.07) is 9.70. The van der Waals surface area contributed by atoms with Crippen LogP contribution in [0.1, 0.15) is 11.8 Å². The third-order valence-electron chi connectivity index (χ3n) is 3.05. The number of aromatic nitrogens is 2. The van der Waals surface area contributed by atoms with Crippen molar-refractivity contribution in [1.82, 2.24) is 9.97 Å². The van der Waals surface area contributed by atoms with Gasteiger partial charge in [0.2, 0.25) is 5.28 Å². The molecule has 0 aliphatic carbocycles. The minimum atomic E-state index is 0.233. The first-order valence-electron chi connectivity index (χ1n) is 6.58. The zero-order chi connectivity index (χ0) is 15.5. The molecule has 0 aliphatic rings. The number of rotatable bonds is 4. The molecule has 3 aromatic rings. The summed E-state index contributed by atoms with van der Waals surface area (Å²) < 4.78 is 0. The molecule has 0 atom stereocenters. The van der Waals surface area contributed by atoms with Gasteiger partial charge in [0.1, 0.15) is 16.0 Å². The number of anilines is 2. The second-order valence-electron chi connectivity index (χ2n) is 4.47. The second kappa shape index (κ2) is 6.53. The van der Waals surface area contributed by atoms with Crippen LogP contribution >= 0.6 is 34.7 Å². The van der Waals surface area contributed by atoms with E-state index in [1.807, 2.05) is 24.3 Å². The van der Waals surface area contributed by atoms with E-state index in [1.165, 1.54) is 4.88 Å². The van der Waals surface area contributed by atoms with Crippen molar-refractivity contribution in [3.63, 3.8) is 0 Å². The highest BCUT2D eigenvalue weighted by Gasteiger charge is 2.11. The lowest BCUT2D eigenvalue weighted by Gasteiger charge is -2.07. The number of halogens is 1. The average molecular weight is 347 g/mol. The van der Waals surface area contributed by atoms with Gasteiger partial charge in [0.25, 0.3) is 0 Å². The Morgan fingerprint density at radius 2 is 2.09 bits per heavy atom. The van der Waals surface area contributed by atoms with Gasteiger partial charge in [-0.15, -0.1) is 11.3 Å². The number of nitrogens with one attached hydrogen (secondary N) is 1. The van der Waals surface area contributed by atoms with Crippen LogP contribution in [0.4, 0.5) is 11.5 Å². The zero-order valence-electron chi connectivity index (χ0n) is 11.6. The Morgan fingerprint density at radius 1 is 1.32 bits per heavy atom. The van der Waals surface area contributed by atoms with Crippen molar-refractivity contribution in [1.29, 1.82) is 5.26 Å². The summed E-state index contributed by atoms with van der Waals surface area (Å²) in [7, 11) is 0. The van der Waals surface area contributed by atoms with Gasteiger partial charge in [-0.2, -0.15) is 10.2 Å². The van der Waals surface area contributed by atoms with E-state index in [1.54, 1.807) is 11.3 Å². The van der Waals surface area contributed by atoms with Crippen LogP contribution in [0.2, 0.25) is 5.28 Å². The van der Waals surface area contributed by atoms with E-state index in [9.17, 15) is 0 Å². The Morgan fingerprint density at radius 3 is 2.77 bits per heavy atom. The minimum Gasteiger partial charge on any atom is -0.340 e. The lowest BCUT2D eigenvalue weighted by molar-refractivity contribution is 1.19. The smallest absolute Gasteiger partial charge is 0.225 e. The molecule has 0 unspecified atom stereocenters. The van der Waals surface area contributed by atoms with Crippen LogP contribution in [0.5, 0.6) is 0 Å². The van der Waals surface area contributed by atoms with Gasteiger partial charge in [-0.3, -0.25) is 0 Å². The van der Waals surface area contributed by atoms with Gasteiger partial charge >= 0.3 is 0 Å². The highest BCUT2D eigenvalue weighted by atomic mass is 35.5. The van der Waals surface area contributed by atoms with Crippen molar-refractivity contribution in [3.05, 3.63) is 40.5 Å². The number of aryl methyl sites for hydroxylation is 1. The maximum absolute atomic E-state index is 8.67. The van der Waals surface area contributed by atoms with Crippen molar-refractivity contribution in [2.75, 3.05) is 5.32 Å². The van der Waals surface area contributed by atoms with Crippen molar-refractivity contribution >= 4 is 56.4 Å². The van der Waals surface area contributed by atoms with E-state index in [2.05, 4.69) is 33.7 Å². The number of nitrogens with zero attached hydrogens (tertiary/aromatic N) is 3. The molecule has 2 aromatic heterocycles. The maximum atomic E-state index is 8.67. The SMILES string of the molecule is CCc1cc2c(Nc3ccc(SC#N)cc3)nc(Cl)nc2s1. The molecule has 0 amide bonds. The zero-order valence-corrected chi connectivity index (χ0v) is 14.0. The number of thiophene rings is 1. The summed E-state index contributed by atoms with van der Waals surface area (Å²) in [6.45, 7) is 2.11. The van der Waals surface area contributed by atoms with E-state index in [-0.39, 0.29) is 5.28 Å². The summed E-state index contributed by atoms with van der Waals surface area (Å²) in [5, 5.41) is 15.2. The number of thioether (sulfide) groups is 1. The number of fused-ring (bicyclic) bond motifs is 1. The largest absolute Gasteiger partial charge is 0.340 e. The Bertz CT molecular complexity index is 852. The molecule has 2 heterocycles. The fraction of sp³-hybridized carbons (Fsp3) is 0.133. The Kier molecular flexibility index (Phi) is 4.48. The first kappa shape index (κ1) is 15.1. The van der Waals surface area contributed by atoms with Gasteiger partial charge in [-0.1, -0.05) is 6.92 Å². The van der Waals surface area contributed by atoms with Crippen molar-refractivity contribution in [2.24, 2.45) is 0 Å². The molecule has 1 N–H and O–H groups in total. The number of benzene rings is 1. The van der Waals surface area contributed by atoms with E-state index >= 15 is 0 Å². The molecule has 3 rings (SSSR count). The molecule has 0 radical (unpaired) electrons. The van der Waals surface area contributed by atoms with Gasteiger partial charge in [-0.25, -0.2) is 4.98 Å². The topological polar surface area (TPSA) is 61.6 Å². The lowest BCUT2D eigenvalue weighted by Crippen LogP contribution is -1.95. The van der Waals surface area contributed by atoms with Gasteiger partial charge < -0.3 is 5.32 Å². The minimum absolute atomic E-state index is 0.233. The van der Waals surface area contributed by atoms with E-state index < -0.39 is 0 Å². The van der Waals surface area contributed by atoms with Gasteiger partial charge in [0.15, 0.2) is 0 Å². The Hall–Kier alpha value is -1.81. The molecule has 0 saturated carbocycles. The van der Waals surface area contributed by atoms with Crippen LogP contribution in [0.15, 0.2) is 35.2 Å². The maximum Gasteiger partial charge on any atom is 0.225 e. The average Bonchev–Trinajstić information content (AvgIpc) is 2.92. The molecule has 0 aliphatic heterocycles. The van der Waals surface area contributed by atoms with Gasteiger partial charge in [0, 0.05) is 15.5 Å². The number of hydrogen-bond donors (Lipinski definition) is 1. The molecule has 7 heteroatoms. The van der Waals surface area contributed by atoms with Crippen molar-refractivity contribution in [3.8, 4) is 5.40 Å². The number of thiocyanates is 1. The molecule has 0 fully saturated rings. The normalized spacial score (nSPS) is 10.6. The second-order valence-corrected chi connectivity index (χ2v) is 6.78. The number of hydrogen-bond acceptors (Lipinski definition) is 6. The standard InChI is InChI=1S/C15H11ClN4S2/c1-2-10-7-12-13(19-15(16)20-14(12)22-10)18-9-3-5-11(6-4-9)21-8-17/h3-7H,2H2,1H3,(H,18,19,20). The fourth-order valence-corrected chi connectivity index (χ4v) is 3.57. The summed E-state index contributed by atoms with van der Waals surface area (Å²) >= 11 is 8.78. The summed E-state index contributed by atoms with van der Waals surface area (Å²) in [5.74, 6) is 0.701. The van der Waals surface area contributed by atoms with Gasteiger partial charge in [-0.05, 0) is 60.1 Å². The molecular formula is C15H11ClN4S2. The molecule has 0 spiro atoms. The highest BCUT2D eigenvalue weighted by molar-refractivity contribution is 8.03. The first-order chi connectivity index (χ1) is 10.7. The Labute approximate surface area is 141 Å². The summed E-state index contributed by atoms with van der Waals surface area (Å²) in [5.41, 5.74) is 0.891. The third kappa shape index (κ3) is 3.17. The van der Waals surface area contributed by atoms with Crippen molar-refractivity contribution < 1.29 is 0 Å². The van der Waals surface area contributed by atoms with Crippen LogP contribution in [0.25, 0.3) is 10.2 Å². The number of nitriles is 1. The van der Waals surface area contributed by atoms with E-state index in [4.69, 9.17) is 16.9 Å². The molecule has 4 nitrogen and oxygen atoms in total. The van der Waals surface area contributed by atoms with E-state index in [0.717, 1.165) is 39.0 Å². The van der Waals surface area contributed by atoms with Crippen LogP contribution in [0, 0.1) is 10.7 Å². The predicted molar refractivity (Wildman–Crippen MR) is 93.0 cm³/mol. The molecular weight excluding hydrogens is 336 g/mol. The highest BCUT2D eigenvalue weighted by Crippen LogP contribution is 2.32. The Balaban J connectivity index is 1.95. The lowest BCUT2D eigenvalue weighted by atomic mass is 10.3. The van der Waals surface area contributed by atoms with Crippen LogP contribution in [0.3, 0.4) is 0 Å². The molecule has 1 aromatic carbocycles. The fourth-order valence-electron chi connectivity index (χ4n) is 2.01. The third-order valence-corrected chi connectivity index (χ3v) is 4.99. The summed E-state index contributed by atoms with van der Waals surface area (Å²) in [4.78, 5) is 11.6. The quantitative estimate of drug-likeness (QED) is 0.398. The first-order valence-corrected chi connectivity index (χ1v) is 8.59. The molecule has 110 valence electrons. The van der Waals surface area contributed by atoms with Crippen LogP contribution in [-0.2, 0) is 6.42 Å². The monoisotopic (exact) mass is 346 g/mol. The van der Waals surface area contributed by atoms with Crippen LogP contribution < -0.4 is 5.32 Å². The molecule has 0 saturated heterocycles. The van der Waals surface area contributed by atoms with Gasteiger partial charge in [0.05, 0.1) is 5.39 Å². The predicted octanol–water partition coefficient (Wildman–Crippen LogP) is 5.22.